The number of carbonyl (C=O) groups is 3. The fourth-order valence-corrected chi connectivity index (χ4v) is 1.45. The normalized spacial score (nSPS) is 12.9. The van der Waals surface area contributed by atoms with Crippen molar-refractivity contribution >= 4 is 17.7 Å². The Morgan fingerprint density at radius 1 is 1.22 bits per heavy atom. The highest BCUT2D eigenvalue weighted by Gasteiger charge is 2.23. The third-order valence-electron chi connectivity index (χ3n) is 2.18. The van der Waals surface area contributed by atoms with Crippen LogP contribution in [0.25, 0.3) is 0 Å². The minimum Gasteiger partial charge on any atom is -0.550 e. The van der Waals surface area contributed by atoms with E-state index < -0.39 is 18.0 Å². The predicted octanol–water partition coefficient (Wildman–Crippen LogP) is -0.886. The maximum Gasteiger partial charge on any atom is 0.313 e. The van der Waals surface area contributed by atoms with Crippen LogP contribution in [-0.4, -0.2) is 56.0 Å². The lowest BCUT2D eigenvalue weighted by Gasteiger charge is -2.29. The van der Waals surface area contributed by atoms with Crippen molar-refractivity contribution in [2.45, 2.75) is 32.3 Å². The number of rotatable bonds is 8. The molecule has 0 radical (unpaired) electrons. The molecule has 0 aliphatic carbocycles. The number of hydrogen-bond acceptors (Lipinski definition) is 5. The lowest BCUT2D eigenvalue weighted by molar-refractivity contribution is -0.873. The second-order valence-corrected chi connectivity index (χ2v) is 5.23. The van der Waals surface area contributed by atoms with Crippen LogP contribution in [0, 0.1) is 0 Å². The molecule has 0 saturated heterocycles. The minimum absolute atomic E-state index is 0.225. The highest BCUT2D eigenvalue weighted by Crippen LogP contribution is 2.06. The van der Waals surface area contributed by atoms with Gasteiger partial charge in [-0.05, 0) is 0 Å². The first kappa shape index (κ1) is 16.6. The van der Waals surface area contributed by atoms with Crippen LogP contribution in [0.3, 0.4) is 0 Å². The van der Waals surface area contributed by atoms with E-state index in [1.165, 1.54) is 0 Å². The zero-order chi connectivity index (χ0) is 14.3. The minimum atomic E-state index is -1.27. The number of carbonyl (C=O) groups excluding carboxylic acids is 3. The number of likely N-dealkylation sites (N-methyl/N-ethyl adjacent to an activating group) is 1. The molecule has 0 bridgehead atoms. The summed E-state index contributed by atoms with van der Waals surface area (Å²) in [5.41, 5.74) is 0. The van der Waals surface area contributed by atoms with E-state index in [0.717, 1.165) is 0 Å². The number of nitrogens with zero attached hydrogens (tertiary/aromatic N) is 1. The maximum atomic E-state index is 11.4. The summed E-state index contributed by atoms with van der Waals surface area (Å²) >= 11 is 0. The molecule has 104 valence electrons. The largest absolute Gasteiger partial charge is 0.550 e. The van der Waals surface area contributed by atoms with E-state index in [0.29, 0.717) is 11.0 Å². The van der Waals surface area contributed by atoms with Gasteiger partial charge in [-0.25, -0.2) is 0 Å². The zero-order valence-electron chi connectivity index (χ0n) is 11.4. The van der Waals surface area contributed by atoms with Crippen LogP contribution < -0.4 is 5.11 Å². The van der Waals surface area contributed by atoms with Crippen molar-refractivity contribution < 1.29 is 28.7 Å². The van der Waals surface area contributed by atoms with E-state index in [-0.39, 0.29) is 25.0 Å². The van der Waals surface area contributed by atoms with Gasteiger partial charge < -0.3 is 19.1 Å². The summed E-state index contributed by atoms with van der Waals surface area (Å²) in [4.78, 5) is 33.1. The van der Waals surface area contributed by atoms with Gasteiger partial charge in [0.25, 0.3) is 0 Å². The Bertz CT molecular complexity index is 319. The molecule has 0 aromatic heterocycles. The molecular formula is C12H21NO5. The number of carboxylic acid groups (broad SMARTS) is 1. The van der Waals surface area contributed by atoms with Gasteiger partial charge in [-0.3, -0.25) is 9.59 Å². The van der Waals surface area contributed by atoms with Gasteiger partial charge in [-0.1, -0.05) is 6.92 Å². The van der Waals surface area contributed by atoms with Crippen LogP contribution in [0.5, 0.6) is 0 Å². The average Bonchev–Trinajstić information content (AvgIpc) is 2.12. The van der Waals surface area contributed by atoms with Crippen LogP contribution in [0.2, 0.25) is 0 Å². The zero-order valence-corrected chi connectivity index (χ0v) is 11.4. The Hall–Kier alpha value is -1.43. The predicted molar refractivity (Wildman–Crippen MR) is 62.3 cm³/mol. The van der Waals surface area contributed by atoms with Gasteiger partial charge >= 0.3 is 5.97 Å². The highest BCUT2D eigenvalue weighted by atomic mass is 16.5. The smallest absolute Gasteiger partial charge is 0.313 e. The molecule has 1 atom stereocenters. The van der Waals surface area contributed by atoms with E-state index in [1.54, 1.807) is 6.92 Å². The van der Waals surface area contributed by atoms with Crippen molar-refractivity contribution in [3.05, 3.63) is 0 Å². The number of aliphatic carboxylic acids is 1. The Labute approximate surface area is 107 Å². The van der Waals surface area contributed by atoms with Crippen LogP contribution in [0.4, 0.5) is 0 Å². The second-order valence-electron chi connectivity index (χ2n) is 5.23. The van der Waals surface area contributed by atoms with Crippen molar-refractivity contribution in [1.29, 1.82) is 0 Å². The first-order valence-corrected chi connectivity index (χ1v) is 5.85. The van der Waals surface area contributed by atoms with Gasteiger partial charge in [0.1, 0.15) is 18.7 Å². The summed E-state index contributed by atoms with van der Waals surface area (Å²) < 4.78 is 5.46. The van der Waals surface area contributed by atoms with E-state index in [4.69, 9.17) is 4.74 Å². The molecule has 0 rings (SSSR count). The van der Waals surface area contributed by atoms with Crippen molar-refractivity contribution in [2.24, 2.45) is 0 Å². The Kier molecular flexibility index (Phi) is 6.54. The van der Waals surface area contributed by atoms with Gasteiger partial charge in [-0.15, -0.1) is 0 Å². The fraction of sp³-hybridized carbons (Fsp3) is 0.750. The number of hydrogen-bond donors (Lipinski definition) is 0. The van der Waals surface area contributed by atoms with Crippen LogP contribution in [0.15, 0.2) is 0 Å². The summed E-state index contributed by atoms with van der Waals surface area (Å²) in [6, 6.07) is 0. The maximum absolute atomic E-state index is 11.4. The van der Waals surface area contributed by atoms with Gasteiger partial charge in [-0.2, -0.15) is 0 Å². The standard InChI is InChI=1S/C12H21NO5/c1-5-9(14)6-12(17)18-10(7-11(15)16)8-13(2,3)4/h10H,5-8H2,1-4H3. The first-order chi connectivity index (χ1) is 8.14. The molecule has 0 N–H and O–H groups in total. The Morgan fingerprint density at radius 3 is 2.17 bits per heavy atom. The monoisotopic (exact) mass is 259 g/mol. The van der Waals surface area contributed by atoms with E-state index >= 15 is 0 Å². The number of carboxylic acids is 1. The van der Waals surface area contributed by atoms with E-state index in [1.807, 2.05) is 21.1 Å². The molecule has 1 unspecified atom stereocenters. The lowest BCUT2D eigenvalue weighted by atomic mass is 10.2. The molecule has 0 amide bonds. The van der Waals surface area contributed by atoms with Crippen LogP contribution in [-0.2, 0) is 19.1 Å². The summed E-state index contributed by atoms with van der Waals surface area (Å²) in [5.74, 6) is -2.18. The van der Waals surface area contributed by atoms with Gasteiger partial charge in [0.2, 0.25) is 0 Å². The number of ketones is 1. The van der Waals surface area contributed by atoms with Crippen molar-refractivity contribution in [2.75, 3.05) is 27.7 Å². The number of Topliss-reactive ketones (excluding diaryl/α,β-unsaturated/α-hetero) is 1. The quantitative estimate of drug-likeness (QED) is 0.321. The molecule has 0 fully saturated rings. The molecule has 0 aromatic rings. The topological polar surface area (TPSA) is 83.5 Å². The summed E-state index contributed by atoms with van der Waals surface area (Å²) in [6.07, 6.45) is -1.18. The van der Waals surface area contributed by atoms with E-state index in [2.05, 4.69) is 0 Å². The molecule has 0 spiro atoms. The molecule has 6 heteroatoms. The molecular weight excluding hydrogens is 238 g/mol. The number of quaternary nitrogens is 1. The van der Waals surface area contributed by atoms with E-state index in [9.17, 15) is 19.5 Å². The third-order valence-corrected chi connectivity index (χ3v) is 2.18. The Balaban J connectivity index is 4.44. The van der Waals surface area contributed by atoms with Crippen molar-refractivity contribution in [1.82, 2.24) is 0 Å². The second kappa shape index (κ2) is 7.10. The molecule has 0 saturated carbocycles. The average molecular weight is 259 g/mol. The molecule has 0 aromatic carbocycles. The van der Waals surface area contributed by atoms with Gasteiger partial charge in [0, 0.05) is 18.8 Å². The Morgan fingerprint density at radius 2 is 1.78 bits per heavy atom. The number of ether oxygens (including phenoxy) is 1. The molecule has 0 aliphatic rings. The number of esters is 1. The van der Waals surface area contributed by atoms with Gasteiger partial charge in [0.15, 0.2) is 6.10 Å². The summed E-state index contributed by atoms with van der Waals surface area (Å²) in [5, 5.41) is 10.6. The molecule has 18 heavy (non-hydrogen) atoms. The molecule has 0 aliphatic heterocycles. The van der Waals surface area contributed by atoms with Crippen LogP contribution in [0.1, 0.15) is 26.2 Å². The molecule has 0 heterocycles. The third kappa shape index (κ3) is 8.69. The SMILES string of the molecule is CCC(=O)CC(=O)OC(CC(=O)[O-])C[N+](C)(C)C. The first-order valence-electron chi connectivity index (χ1n) is 5.85. The van der Waals surface area contributed by atoms with Crippen molar-refractivity contribution in [3.63, 3.8) is 0 Å². The van der Waals surface area contributed by atoms with Gasteiger partial charge in [0.05, 0.1) is 21.1 Å². The molecule has 6 nitrogen and oxygen atoms in total. The lowest BCUT2D eigenvalue weighted by Crippen LogP contribution is -2.45. The summed E-state index contributed by atoms with van der Waals surface area (Å²) in [6.45, 7) is 2.00. The van der Waals surface area contributed by atoms with Crippen LogP contribution >= 0.6 is 0 Å². The fourth-order valence-electron chi connectivity index (χ4n) is 1.45. The van der Waals surface area contributed by atoms with Crippen molar-refractivity contribution in [3.8, 4) is 0 Å². The summed E-state index contributed by atoms with van der Waals surface area (Å²) in [7, 11) is 5.56. The highest BCUT2D eigenvalue weighted by molar-refractivity contribution is 5.95.